The number of hydrogen-bond acceptors (Lipinski definition) is 4. The second-order valence-electron chi connectivity index (χ2n) is 6.64. The predicted molar refractivity (Wildman–Crippen MR) is 97.9 cm³/mol. The molecule has 26 heavy (non-hydrogen) atoms. The quantitative estimate of drug-likeness (QED) is 0.734. The summed E-state index contributed by atoms with van der Waals surface area (Å²) in [7, 11) is 1.51. The van der Waals surface area contributed by atoms with Gasteiger partial charge in [-0.05, 0) is 49.2 Å². The Balaban J connectivity index is 1.94. The molecule has 1 heterocycles. The first kappa shape index (κ1) is 16.4. The van der Waals surface area contributed by atoms with Gasteiger partial charge in [0.15, 0.2) is 11.5 Å². The molecule has 6 nitrogen and oxygen atoms in total. The minimum Gasteiger partial charge on any atom is -0.504 e. The van der Waals surface area contributed by atoms with Gasteiger partial charge in [-0.1, -0.05) is 12.8 Å². The number of phenols is 1. The van der Waals surface area contributed by atoms with Gasteiger partial charge < -0.3 is 19.5 Å². The van der Waals surface area contributed by atoms with Crippen molar-refractivity contribution in [1.82, 2.24) is 9.55 Å². The van der Waals surface area contributed by atoms with E-state index in [1.165, 1.54) is 20.0 Å². The van der Waals surface area contributed by atoms with Crippen LogP contribution in [0.4, 0.5) is 0 Å². The molecule has 6 heteroatoms. The van der Waals surface area contributed by atoms with Crippen molar-refractivity contribution in [2.75, 3.05) is 7.11 Å². The second-order valence-corrected chi connectivity index (χ2v) is 6.64. The van der Waals surface area contributed by atoms with Crippen molar-refractivity contribution in [3.63, 3.8) is 0 Å². The molecule has 1 saturated carbocycles. The Hall–Kier alpha value is -3.02. The van der Waals surface area contributed by atoms with Crippen LogP contribution in [0.1, 0.15) is 42.1 Å². The van der Waals surface area contributed by atoms with Crippen LogP contribution in [0, 0.1) is 0 Å². The maximum atomic E-state index is 11.3. The van der Waals surface area contributed by atoms with Crippen LogP contribution in [0.3, 0.4) is 0 Å². The van der Waals surface area contributed by atoms with Crippen LogP contribution >= 0.6 is 0 Å². The van der Waals surface area contributed by atoms with Crippen molar-refractivity contribution in [3.05, 3.63) is 42.0 Å². The number of carboxylic acids is 1. The number of phenolic OH excluding ortho intramolecular Hbond substituents is 1. The minimum atomic E-state index is -0.963. The number of hydrogen-bond donors (Lipinski definition) is 2. The molecule has 1 aliphatic rings. The molecule has 2 aromatic carbocycles. The first-order valence-corrected chi connectivity index (χ1v) is 8.71. The van der Waals surface area contributed by atoms with Gasteiger partial charge in [0.1, 0.15) is 5.82 Å². The number of rotatable bonds is 4. The minimum absolute atomic E-state index is 0.0768. The smallest absolute Gasteiger partial charge is 0.335 e. The number of fused-ring (bicyclic) bond motifs is 1. The summed E-state index contributed by atoms with van der Waals surface area (Å²) in [6.07, 6.45) is 4.51. The SMILES string of the molecule is COc1cc(-c2nc3cc(C(=O)O)ccc3n2C2CCCC2)ccc1O. The molecular weight excluding hydrogens is 332 g/mol. The van der Waals surface area contributed by atoms with Gasteiger partial charge in [-0.25, -0.2) is 9.78 Å². The van der Waals surface area contributed by atoms with Gasteiger partial charge >= 0.3 is 5.97 Å². The Morgan fingerprint density at radius 3 is 2.65 bits per heavy atom. The van der Waals surface area contributed by atoms with E-state index >= 15 is 0 Å². The molecule has 2 N–H and O–H groups in total. The molecule has 134 valence electrons. The first-order chi connectivity index (χ1) is 12.6. The van der Waals surface area contributed by atoms with E-state index in [1.54, 1.807) is 24.3 Å². The standard InChI is InChI=1S/C20H20N2O4/c1-26-18-11-12(7-9-17(18)23)19-21-15-10-13(20(24)25)6-8-16(15)22(19)14-4-2-3-5-14/h6-11,14,23H,2-5H2,1H3,(H,24,25). The summed E-state index contributed by atoms with van der Waals surface area (Å²) in [6.45, 7) is 0. The molecule has 4 rings (SSSR count). The number of methoxy groups -OCH3 is 1. The Bertz CT molecular complexity index is 987. The molecule has 1 aliphatic carbocycles. The molecule has 0 aliphatic heterocycles. The van der Waals surface area contributed by atoms with Gasteiger partial charge in [-0.15, -0.1) is 0 Å². The maximum Gasteiger partial charge on any atom is 0.335 e. The lowest BCUT2D eigenvalue weighted by molar-refractivity contribution is 0.0697. The van der Waals surface area contributed by atoms with Crippen LogP contribution in [-0.2, 0) is 0 Å². The van der Waals surface area contributed by atoms with Gasteiger partial charge in [-0.3, -0.25) is 0 Å². The van der Waals surface area contributed by atoms with Crippen molar-refractivity contribution < 1.29 is 19.7 Å². The van der Waals surface area contributed by atoms with Crippen molar-refractivity contribution >= 4 is 17.0 Å². The zero-order valence-corrected chi connectivity index (χ0v) is 14.5. The highest BCUT2D eigenvalue weighted by atomic mass is 16.5. The zero-order valence-electron chi connectivity index (χ0n) is 14.5. The lowest BCUT2D eigenvalue weighted by Gasteiger charge is -2.17. The van der Waals surface area contributed by atoms with Gasteiger partial charge in [-0.2, -0.15) is 0 Å². The van der Waals surface area contributed by atoms with E-state index in [1.807, 2.05) is 12.1 Å². The van der Waals surface area contributed by atoms with E-state index in [2.05, 4.69) is 4.57 Å². The summed E-state index contributed by atoms with van der Waals surface area (Å²) >= 11 is 0. The van der Waals surface area contributed by atoms with Gasteiger partial charge in [0.25, 0.3) is 0 Å². The normalized spacial score (nSPS) is 14.8. The summed E-state index contributed by atoms with van der Waals surface area (Å²) in [5.74, 6) is 0.273. The van der Waals surface area contributed by atoms with E-state index in [4.69, 9.17) is 9.72 Å². The van der Waals surface area contributed by atoms with E-state index < -0.39 is 5.97 Å². The van der Waals surface area contributed by atoms with Crippen molar-refractivity contribution in [1.29, 1.82) is 0 Å². The number of carbonyl (C=O) groups is 1. The zero-order chi connectivity index (χ0) is 18.3. The van der Waals surface area contributed by atoms with Crippen LogP contribution in [0.2, 0.25) is 0 Å². The van der Waals surface area contributed by atoms with Gasteiger partial charge in [0, 0.05) is 11.6 Å². The van der Waals surface area contributed by atoms with Gasteiger partial charge in [0.05, 0.1) is 23.7 Å². The molecular formula is C20H20N2O4. The number of aromatic nitrogens is 2. The molecule has 0 atom stereocenters. The number of nitrogens with zero attached hydrogens (tertiary/aromatic N) is 2. The van der Waals surface area contributed by atoms with E-state index in [0.29, 0.717) is 17.3 Å². The van der Waals surface area contributed by atoms with Crippen LogP contribution in [0.15, 0.2) is 36.4 Å². The molecule has 0 saturated heterocycles. The lowest BCUT2D eigenvalue weighted by Crippen LogP contribution is -2.07. The van der Waals surface area contributed by atoms with E-state index in [-0.39, 0.29) is 11.3 Å². The number of aromatic hydroxyl groups is 1. The van der Waals surface area contributed by atoms with Crippen molar-refractivity contribution in [3.8, 4) is 22.9 Å². The summed E-state index contributed by atoms with van der Waals surface area (Å²) in [6, 6.07) is 10.6. The van der Waals surface area contributed by atoms with E-state index in [9.17, 15) is 15.0 Å². The third-order valence-electron chi connectivity index (χ3n) is 5.06. The number of carboxylic acid groups (broad SMARTS) is 1. The molecule has 1 fully saturated rings. The number of imidazole rings is 1. The summed E-state index contributed by atoms with van der Waals surface area (Å²) in [4.78, 5) is 16.0. The van der Waals surface area contributed by atoms with Crippen LogP contribution in [-0.4, -0.2) is 32.8 Å². The van der Waals surface area contributed by atoms with Crippen molar-refractivity contribution in [2.45, 2.75) is 31.7 Å². The number of benzene rings is 2. The summed E-state index contributed by atoms with van der Waals surface area (Å²) in [5.41, 5.74) is 2.66. The Kier molecular flexibility index (Phi) is 4.03. The molecule has 3 aromatic rings. The molecule has 1 aromatic heterocycles. The summed E-state index contributed by atoms with van der Waals surface area (Å²) < 4.78 is 7.44. The monoisotopic (exact) mass is 352 g/mol. The lowest BCUT2D eigenvalue weighted by atomic mass is 10.1. The highest BCUT2D eigenvalue weighted by molar-refractivity contribution is 5.93. The third-order valence-corrected chi connectivity index (χ3v) is 5.06. The van der Waals surface area contributed by atoms with Crippen molar-refractivity contribution in [2.24, 2.45) is 0 Å². The molecule has 0 amide bonds. The van der Waals surface area contributed by atoms with E-state index in [0.717, 1.165) is 29.7 Å². The Labute approximate surface area is 150 Å². The fourth-order valence-electron chi connectivity index (χ4n) is 3.78. The fraction of sp³-hybridized carbons (Fsp3) is 0.300. The third kappa shape index (κ3) is 2.67. The summed E-state index contributed by atoms with van der Waals surface area (Å²) in [5, 5.41) is 19.2. The highest BCUT2D eigenvalue weighted by Gasteiger charge is 2.24. The number of ether oxygens (including phenoxy) is 1. The Morgan fingerprint density at radius 2 is 1.96 bits per heavy atom. The first-order valence-electron chi connectivity index (χ1n) is 8.71. The fourth-order valence-corrected chi connectivity index (χ4v) is 3.78. The van der Waals surface area contributed by atoms with Crippen LogP contribution < -0.4 is 4.74 Å². The maximum absolute atomic E-state index is 11.3. The average molecular weight is 352 g/mol. The Morgan fingerprint density at radius 1 is 1.19 bits per heavy atom. The largest absolute Gasteiger partial charge is 0.504 e. The number of aromatic carboxylic acids is 1. The molecule has 0 bridgehead atoms. The van der Waals surface area contributed by atoms with Crippen LogP contribution in [0.5, 0.6) is 11.5 Å². The van der Waals surface area contributed by atoms with Gasteiger partial charge in [0.2, 0.25) is 0 Å². The average Bonchev–Trinajstić information content (AvgIpc) is 3.28. The molecule has 0 radical (unpaired) electrons. The predicted octanol–water partition coefficient (Wildman–Crippen LogP) is 4.23. The second kappa shape index (κ2) is 6.37. The molecule has 0 unspecified atom stereocenters. The molecule has 0 spiro atoms. The topological polar surface area (TPSA) is 84.6 Å². The van der Waals surface area contributed by atoms with Crippen LogP contribution in [0.25, 0.3) is 22.4 Å². The highest BCUT2D eigenvalue weighted by Crippen LogP contribution is 2.39.